The van der Waals surface area contributed by atoms with Crippen LogP contribution in [0.3, 0.4) is 0 Å². The fourth-order valence-electron chi connectivity index (χ4n) is 5.79. The number of carbonyl (C=O) groups excluding carboxylic acids is 1. The fraction of sp³-hybridized carbons (Fsp3) is 0.167. The molecule has 0 fully saturated rings. The van der Waals surface area contributed by atoms with Crippen LogP contribution in [0.5, 0.6) is 5.75 Å². The highest BCUT2D eigenvalue weighted by atomic mass is 32.1. The molecule has 46 heavy (non-hydrogen) atoms. The minimum absolute atomic E-state index is 0.161. The maximum absolute atomic E-state index is 14.3. The van der Waals surface area contributed by atoms with Crippen LogP contribution in [0.15, 0.2) is 100 Å². The van der Waals surface area contributed by atoms with Crippen LogP contribution in [-0.2, 0) is 9.53 Å². The van der Waals surface area contributed by atoms with Crippen molar-refractivity contribution in [3.63, 3.8) is 0 Å². The largest absolute Gasteiger partial charge is 0.497 e. The van der Waals surface area contributed by atoms with E-state index < -0.39 is 18.0 Å². The maximum Gasteiger partial charge on any atom is 0.338 e. The maximum atomic E-state index is 14.3. The molecule has 5 aromatic rings. The van der Waals surface area contributed by atoms with Gasteiger partial charge in [0.05, 0.1) is 41.1 Å². The van der Waals surface area contributed by atoms with Crippen molar-refractivity contribution in [1.82, 2.24) is 9.13 Å². The first-order valence-corrected chi connectivity index (χ1v) is 15.5. The molecule has 2 aromatic heterocycles. The number of aryl methyl sites for hydroxylation is 1. The van der Waals surface area contributed by atoms with E-state index in [1.54, 1.807) is 42.9 Å². The molecule has 1 N–H and O–H groups in total. The summed E-state index contributed by atoms with van der Waals surface area (Å²) in [5, 5.41) is 9.31. The summed E-state index contributed by atoms with van der Waals surface area (Å²) in [5.74, 6) is -0.952. The number of thiazole rings is 1. The molecule has 0 amide bonds. The second-order valence-electron chi connectivity index (χ2n) is 10.7. The molecule has 0 aliphatic carbocycles. The molecule has 1 aliphatic heterocycles. The SMILES string of the molecule is CCOC(=O)C1=C(c2ccccc2)N=c2s/c(=C\c3cc(C)n(-c4ccc(C(=O)O)cc4)c3C)c(=O)n2[C@@H]1c1cccc(OC)c1. The predicted octanol–water partition coefficient (Wildman–Crippen LogP) is 5.05. The second-order valence-corrected chi connectivity index (χ2v) is 11.7. The van der Waals surface area contributed by atoms with Crippen molar-refractivity contribution in [3.8, 4) is 11.4 Å². The number of rotatable bonds is 8. The van der Waals surface area contributed by atoms with Crippen LogP contribution in [0.2, 0.25) is 0 Å². The van der Waals surface area contributed by atoms with E-state index in [9.17, 15) is 19.5 Å². The fourth-order valence-corrected chi connectivity index (χ4v) is 6.78. The Hall–Kier alpha value is -5.48. The van der Waals surface area contributed by atoms with E-state index in [2.05, 4.69) is 0 Å². The van der Waals surface area contributed by atoms with Crippen molar-refractivity contribution in [1.29, 1.82) is 0 Å². The number of carbonyl (C=O) groups is 2. The van der Waals surface area contributed by atoms with Crippen LogP contribution in [0.1, 0.15) is 51.4 Å². The highest BCUT2D eigenvalue weighted by Gasteiger charge is 2.35. The molecule has 3 aromatic carbocycles. The molecule has 0 saturated heterocycles. The van der Waals surface area contributed by atoms with Gasteiger partial charge in [-0.2, -0.15) is 0 Å². The molecule has 6 rings (SSSR count). The van der Waals surface area contributed by atoms with Gasteiger partial charge in [-0.15, -0.1) is 0 Å². The molecule has 0 spiro atoms. The van der Waals surface area contributed by atoms with Gasteiger partial charge in [-0.1, -0.05) is 53.8 Å². The summed E-state index contributed by atoms with van der Waals surface area (Å²) < 4.78 is 15.1. The number of benzene rings is 3. The minimum atomic E-state index is -0.989. The third kappa shape index (κ3) is 5.48. The Morgan fingerprint density at radius 2 is 1.74 bits per heavy atom. The number of carboxylic acid groups (broad SMARTS) is 1. The van der Waals surface area contributed by atoms with E-state index in [4.69, 9.17) is 14.5 Å². The monoisotopic (exact) mass is 633 g/mol. The Morgan fingerprint density at radius 3 is 2.41 bits per heavy atom. The Balaban J connectivity index is 1.58. The first kappa shape index (κ1) is 30.5. The number of carboxylic acids is 1. The number of hydrogen-bond donors (Lipinski definition) is 1. The standard InChI is InChI=1S/C36H31N3O6S/c1-5-45-35(43)30-31(23-10-7-6-8-11-23)37-36-39(32(30)25-12-9-13-28(19-25)44-4)33(40)29(46-36)20-26-18-21(2)38(22(26)3)27-16-14-24(15-17-27)34(41)42/h6-20,32H,5H2,1-4H3,(H,41,42)/b29-20-/t32-/m1/s1. The van der Waals surface area contributed by atoms with Crippen LogP contribution in [0.25, 0.3) is 17.5 Å². The Morgan fingerprint density at radius 1 is 1.00 bits per heavy atom. The zero-order valence-electron chi connectivity index (χ0n) is 25.7. The summed E-state index contributed by atoms with van der Waals surface area (Å²) in [7, 11) is 1.57. The number of esters is 1. The van der Waals surface area contributed by atoms with Crippen LogP contribution in [0, 0.1) is 13.8 Å². The number of aromatic carboxylic acids is 1. The molecule has 3 heterocycles. The van der Waals surface area contributed by atoms with Crippen LogP contribution < -0.4 is 19.6 Å². The molecule has 9 nitrogen and oxygen atoms in total. The lowest BCUT2D eigenvalue weighted by atomic mass is 9.93. The third-order valence-electron chi connectivity index (χ3n) is 7.91. The van der Waals surface area contributed by atoms with Gasteiger partial charge in [0.25, 0.3) is 5.56 Å². The van der Waals surface area contributed by atoms with Gasteiger partial charge in [0.2, 0.25) is 0 Å². The number of aromatic nitrogens is 2. The quantitative estimate of drug-likeness (QED) is 0.240. The molecule has 1 atom stereocenters. The smallest absolute Gasteiger partial charge is 0.338 e. The third-order valence-corrected chi connectivity index (χ3v) is 8.90. The van der Waals surface area contributed by atoms with Gasteiger partial charge < -0.3 is 19.1 Å². The normalized spacial score (nSPS) is 14.5. The van der Waals surface area contributed by atoms with Gasteiger partial charge in [-0.05, 0) is 80.4 Å². The summed E-state index contributed by atoms with van der Waals surface area (Å²) >= 11 is 1.25. The number of methoxy groups -OCH3 is 1. The van der Waals surface area contributed by atoms with E-state index in [1.165, 1.54) is 11.3 Å². The van der Waals surface area contributed by atoms with E-state index in [1.807, 2.05) is 85.2 Å². The van der Waals surface area contributed by atoms with E-state index in [-0.39, 0.29) is 23.3 Å². The number of nitrogens with zero attached hydrogens (tertiary/aromatic N) is 3. The summed E-state index contributed by atoms with van der Waals surface area (Å²) in [6, 6.07) is 24.5. The van der Waals surface area contributed by atoms with Crippen LogP contribution in [-0.4, -0.2) is 39.9 Å². The Kier molecular flexibility index (Phi) is 8.29. The summed E-state index contributed by atoms with van der Waals surface area (Å²) in [6.07, 6.45) is 1.84. The van der Waals surface area contributed by atoms with Crippen molar-refractivity contribution in [2.24, 2.45) is 4.99 Å². The lowest BCUT2D eigenvalue weighted by Crippen LogP contribution is -2.40. The second kappa shape index (κ2) is 12.5. The van der Waals surface area contributed by atoms with Gasteiger partial charge in [-0.3, -0.25) is 9.36 Å². The van der Waals surface area contributed by atoms with E-state index in [0.717, 1.165) is 28.2 Å². The zero-order chi connectivity index (χ0) is 32.5. The molecular formula is C36H31N3O6S. The molecule has 0 bridgehead atoms. The number of ether oxygens (including phenoxy) is 2. The molecule has 10 heteroatoms. The zero-order valence-corrected chi connectivity index (χ0v) is 26.5. The molecule has 0 radical (unpaired) electrons. The van der Waals surface area contributed by atoms with Gasteiger partial charge in [0, 0.05) is 22.6 Å². The Bertz CT molecular complexity index is 2190. The van der Waals surface area contributed by atoms with Crippen molar-refractivity contribution >= 4 is 35.0 Å². The number of fused-ring (bicyclic) bond motifs is 1. The van der Waals surface area contributed by atoms with E-state index >= 15 is 0 Å². The highest BCUT2D eigenvalue weighted by Crippen LogP contribution is 2.36. The van der Waals surface area contributed by atoms with Crippen LogP contribution >= 0.6 is 11.3 Å². The van der Waals surface area contributed by atoms with E-state index in [0.29, 0.717) is 26.3 Å². The summed E-state index contributed by atoms with van der Waals surface area (Å²) in [6.45, 7) is 5.81. The van der Waals surface area contributed by atoms with Crippen molar-refractivity contribution in [3.05, 3.63) is 144 Å². The lowest BCUT2D eigenvalue weighted by Gasteiger charge is -2.26. The Labute approximate surface area is 268 Å². The predicted molar refractivity (Wildman–Crippen MR) is 176 cm³/mol. The topological polar surface area (TPSA) is 112 Å². The molecule has 0 unspecified atom stereocenters. The van der Waals surface area contributed by atoms with Gasteiger partial charge in [0.1, 0.15) is 5.75 Å². The molecular weight excluding hydrogens is 602 g/mol. The minimum Gasteiger partial charge on any atom is -0.497 e. The highest BCUT2D eigenvalue weighted by molar-refractivity contribution is 7.07. The molecule has 232 valence electrons. The van der Waals surface area contributed by atoms with Crippen LogP contribution in [0.4, 0.5) is 0 Å². The van der Waals surface area contributed by atoms with Gasteiger partial charge in [-0.25, -0.2) is 14.6 Å². The van der Waals surface area contributed by atoms with Crippen molar-refractivity contribution in [2.45, 2.75) is 26.8 Å². The first-order valence-electron chi connectivity index (χ1n) is 14.7. The number of hydrogen-bond acceptors (Lipinski definition) is 7. The molecule has 1 aliphatic rings. The average molecular weight is 634 g/mol. The van der Waals surface area contributed by atoms with Gasteiger partial charge in [0.15, 0.2) is 4.80 Å². The van der Waals surface area contributed by atoms with Crippen molar-refractivity contribution in [2.75, 3.05) is 13.7 Å². The lowest BCUT2D eigenvalue weighted by molar-refractivity contribution is -0.138. The average Bonchev–Trinajstić information content (AvgIpc) is 3.53. The first-order chi connectivity index (χ1) is 22.2. The molecule has 0 saturated carbocycles. The van der Waals surface area contributed by atoms with Gasteiger partial charge >= 0.3 is 11.9 Å². The summed E-state index contributed by atoms with van der Waals surface area (Å²) in [4.78, 5) is 44.7. The summed E-state index contributed by atoms with van der Waals surface area (Å²) in [5.41, 5.74) is 5.48. The van der Waals surface area contributed by atoms with Crippen molar-refractivity contribution < 1.29 is 24.2 Å².